The Labute approximate surface area is 201 Å². The molecule has 11 heteroatoms. The zero-order valence-electron chi connectivity index (χ0n) is 18.3. The van der Waals surface area contributed by atoms with E-state index in [9.17, 15) is 13.2 Å². The van der Waals surface area contributed by atoms with Crippen LogP contribution >= 0.6 is 11.3 Å². The van der Waals surface area contributed by atoms with Gasteiger partial charge < -0.3 is 9.47 Å². The molecule has 0 atom stereocenters. The van der Waals surface area contributed by atoms with Crippen molar-refractivity contribution in [3.8, 4) is 16.2 Å². The molecular formula is C23H25N3O6S2. The fourth-order valence-corrected chi connectivity index (χ4v) is 6.02. The van der Waals surface area contributed by atoms with Gasteiger partial charge in [0.25, 0.3) is 15.9 Å². The van der Waals surface area contributed by atoms with E-state index in [1.54, 1.807) is 18.2 Å². The molecule has 0 aliphatic carbocycles. The first kappa shape index (κ1) is 24.2. The molecule has 3 aromatic rings. The summed E-state index contributed by atoms with van der Waals surface area (Å²) in [5.74, 6) is 0.0660. The van der Waals surface area contributed by atoms with Gasteiger partial charge >= 0.3 is 0 Å². The van der Waals surface area contributed by atoms with E-state index in [0.29, 0.717) is 12.2 Å². The molecule has 0 spiro atoms. The van der Waals surface area contributed by atoms with Crippen molar-refractivity contribution in [2.24, 2.45) is 0 Å². The van der Waals surface area contributed by atoms with Crippen LogP contribution in [0, 0.1) is 0 Å². The van der Waals surface area contributed by atoms with Gasteiger partial charge in [0.1, 0.15) is 16.6 Å². The van der Waals surface area contributed by atoms with Crippen molar-refractivity contribution in [2.75, 3.05) is 39.5 Å². The normalized spacial score (nSPS) is 15.0. The summed E-state index contributed by atoms with van der Waals surface area (Å²) in [6, 6.07) is 12.5. The molecule has 0 saturated carbocycles. The van der Waals surface area contributed by atoms with Crippen molar-refractivity contribution in [2.45, 2.75) is 4.21 Å². The van der Waals surface area contributed by atoms with Crippen molar-refractivity contribution in [1.29, 1.82) is 0 Å². The molecular weight excluding hydrogens is 478 g/mol. The second-order valence-corrected chi connectivity index (χ2v) is 10.7. The van der Waals surface area contributed by atoms with Gasteiger partial charge in [-0.25, -0.2) is 9.45 Å². The maximum absolute atomic E-state index is 13.0. The molecule has 1 saturated heterocycles. The summed E-state index contributed by atoms with van der Waals surface area (Å²) in [5, 5.41) is 8.53. The second kappa shape index (κ2) is 11.0. The van der Waals surface area contributed by atoms with E-state index in [1.165, 1.54) is 35.3 Å². The smallest absolute Gasteiger partial charge is 0.277 e. The third-order valence-electron chi connectivity index (χ3n) is 5.26. The van der Waals surface area contributed by atoms with Gasteiger partial charge in [-0.05, 0) is 59.7 Å². The Bertz CT molecular complexity index is 1240. The minimum Gasteiger partial charge on any atom is -0.492 e. The molecule has 1 aliphatic heterocycles. The highest BCUT2D eigenvalue weighted by Crippen LogP contribution is 2.33. The molecule has 1 aliphatic rings. The molecule has 1 fully saturated rings. The lowest BCUT2D eigenvalue weighted by Gasteiger charge is -2.26. The standard InChI is InChI=1S/C23H25N3O6S2/c27-22(24-28)7-1-18-9-10-26(17-18)34(29,30)23-8-6-21(33-23)19-2-4-20(5-3-19)32-16-13-25-11-14-31-15-12-25/h1-10,17,28H,11-16H2,(H,24,27)/b7-1+. The number of hydroxylamine groups is 1. The monoisotopic (exact) mass is 503 g/mol. The van der Waals surface area contributed by atoms with Gasteiger partial charge in [0.05, 0.1) is 13.2 Å². The molecule has 9 nitrogen and oxygen atoms in total. The van der Waals surface area contributed by atoms with Gasteiger partial charge in [-0.3, -0.25) is 14.9 Å². The number of amides is 1. The van der Waals surface area contributed by atoms with Crippen LogP contribution in [0.15, 0.2) is 65.1 Å². The summed E-state index contributed by atoms with van der Waals surface area (Å²) in [5.41, 5.74) is 2.89. The maximum Gasteiger partial charge on any atom is 0.277 e. The maximum atomic E-state index is 13.0. The first-order valence-corrected chi connectivity index (χ1v) is 12.9. The Hall–Kier alpha value is -2.96. The average molecular weight is 504 g/mol. The highest BCUT2D eigenvalue weighted by atomic mass is 32.2. The molecule has 0 unspecified atom stereocenters. The number of thiophene rings is 1. The number of rotatable bonds is 9. The van der Waals surface area contributed by atoms with Crippen molar-refractivity contribution in [3.05, 3.63) is 66.5 Å². The minimum absolute atomic E-state index is 0.201. The molecule has 2 aromatic heterocycles. The number of benzene rings is 1. The van der Waals surface area contributed by atoms with E-state index in [4.69, 9.17) is 14.7 Å². The number of morpholine rings is 1. The topological polar surface area (TPSA) is 110 Å². The average Bonchev–Trinajstić information content (AvgIpc) is 3.55. The van der Waals surface area contributed by atoms with Crippen LogP contribution in [0.1, 0.15) is 5.56 Å². The number of aromatic nitrogens is 1. The molecule has 0 bridgehead atoms. The molecule has 2 N–H and O–H groups in total. The van der Waals surface area contributed by atoms with Gasteiger partial charge in [-0.1, -0.05) is 0 Å². The van der Waals surface area contributed by atoms with Crippen molar-refractivity contribution < 1.29 is 27.9 Å². The zero-order chi connectivity index (χ0) is 24.0. The van der Waals surface area contributed by atoms with Crippen LogP contribution in [0.5, 0.6) is 5.75 Å². The number of hydrogen-bond donors (Lipinski definition) is 2. The van der Waals surface area contributed by atoms with E-state index in [0.717, 1.165) is 59.1 Å². The summed E-state index contributed by atoms with van der Waals surface area (Å²) in [6.45, 7) is 4.82. The Morgan fingerprint density at radius 2 is 1.91 bits per heavy atom. The number of nitrogens with one attached hydrogen (secondary N) is 1. The third kappa shape index (κ3) is 5.93. The number of nitrogens with zero attached hydrogens (tertiary/aromatic N) is 2. The molecule has 3 heterocycles. The van der Waals surface area contributed by atoms with Crippen LogP contribution in [-0.4, -0.2) is 67.9 Å². The fourth-order valence-electron chi connectivity index (χ4n) is 3.40. The summed E-state index contributed by atoms with van der Waals surface area (Å²) in [6.07, 6.45) is 5.32. The van der Waals surface area contributed by atoms with Crippen LogP contribution in [0.2, 0.25) is 0 Å². The van der Waals surface area contributed by atoms with Crippen LogP contribution in [0.25, 0.3) is 16.5 Å². The Kier molecular flexibility index (Phi) is 7.80. The van der Waals surface area contributed by atoms with Crippen LogP contribution < -0.4 is 10.2 Å². The highest BCUT2D eigenvalue weighted by Gasteiger charge is 2.19. The second-order valence-electron chi connectivity index (χ2n) is 7.53. The summed E-state index contributed by atoms with van der Waals surface area (Å²) >= 11 is 1.18. The van der Waals surface area contributed by atoms with E-state index in [-0.39, 0.29) is 4.21 Å². The Balaban J connectivity index is 1.39. The lowest BCUT2D eigenvalue weighted by Crippen LogP contribution is -2.38. The van der Waals surface area contributed by atoms with E-state index < -0.39 is 15.9 Å². The lowest BCUT2D eigenvalue weighted by atomic mass is 10.2. The van der Waals surface area contributed by atoms with Gasteiger partial charge in [-0.2, -0.15) is 8.42 Å². The summed E-state index contributed by atoms with van der Waals surface area (Å²) < 4.78 is 38.5. The first-order chi connectivity index (χ1) is 16.5. The Morgan fingerprint density at radius 1 is 1.15 bits per heavy atom. The van der Waals surface area contributed by atoms with Gasteiger partial charge in [0.15, 0.2) is 0 Å². The zero-order valence-corrected chi connectivity index (χ0v) is 19.9. The molecule has 180 valence electrons. The predicted octanol–water partition coefficient (Wildman–Crippen LogP) is 2.68. The molecule has 34 heavy (non-hydrogen) atoms. The van der Waals surface area contributed by atoms with Gasteiger partial charge in [0.2, 0.25) is 0 Å². The molecule has 1 amide bonds. The van der Waals surface area contributed by atoms with Crippen molar-refractivity contribution >= 4 is 33.3 Å². The Morgan fingerprint density at radius 3 is 2.65 bits per heavy atom. The van der Waals surface area contributed by atoms with Crippen LogP contribution in [-0.2, 0) is 19.6 Å². The van der Waals surface area contributed by atoms with Crippen molar-refractivity contribution in [1.82, 2.24) is 14.4 Å². The van der Waals surface area contributed by atoms with Gasteiger partial charge in [-0.15, -0.1) is 11.3 Å². The van der Waals surface area contributed by atoms with E-state index >= 15 is 0 Å². The lowest BCUT2D eigenvalue weighted by molar-refractivity contribution is -0.124. The number of ether oxygens (including phenoxy) is 2. The van der Waals surface area contributed by atoms with Gasteiger partial charge in [0, 0.05) is 43.0 Å². The minimum atomic E-state index is -3.77. The highest BCUT2D eigenvalue weighted by molar-refractivity contribution is 7.92. The quantitative estimate of drug-likeness (QED) is 0.262. The number of carbonyl (C=O) groups excluding carboxylic acids is 1. The van der Waals surface area contributed by atoms with Crippen molar-refractivity contribution in [3.63, 3.8) is 0 Å². The predicted molar refractivity (Wildman–Crippen MR) is 128 cm³/mol. The molecule has 0 radical (unpaired) electrons. The van der Waals surface area contributed by atoms with Crippen LogP contribution in [0.4, 0.5) is 0 Å². The third-order valence-corrected chi connectivity index (χ3v) is 8.50. The number of hydrogen-bond acceptors (Lipinski definition) is 8. The molecule has 4 rings (SSSR count). The summed E-state index contributed by atoms with van der Waals surface area (Å²) in [4.78, 5) is 14.2. The fraction of sp³-hybridized carbons (Fsp3) is 0.261. The summed E-state index contributed by atoms with van der Waals surface area (Å²) in [7, 11) is -3.77. The largest absolute Gasteiger partial charge is 0.492 e. The van der Waals surface area contributed by atoms with Crippen LogP contribution in [0.3, 0.4) is 0 Å². The number of carbonyl (C=O) groups is 1. The molecule has 1 aromatic carbocycles. The first-order valence-electron chi connectivity index (χ1n) is 10.6. The van der Waals surface area contributed by atoms with E-state index in [1.807, 2.05) is 24.3 Å². The van der Waals surface area contributed by atoms with E-state index in [2.05, 4.69) is 4.90 Å². The SMILES string of the molecule is O=C(/C=C/c1ccn(S(=O)(=O)c2ccc(-c3ccc(OCCN4CCOCC4)cc3)s2)c1)NO.